The van der Waals surface area contributed by atoms with E-state index in [0.717, 1.165) is 45.9 Å². The van der Waals surface area contributed by atoms with Crippen LogP contribution in [0, 0.1) is 0 Å². The number of hydrogen-bond donors (Lipinski definition) is 1. The molecule has 2 saturated heterocycles. The van der Waals surface area contributed by atoms with Gasteiger partial charge in [-0.05, 0) is 26.0 Å². The van der Waals surface area contributed by atoms with Gasteiger partial charge in [-0.15, -0.1) is 0 Å². The van der Waals surface area contributed by atoms with Gasteiger partial charge in [-0.25, -0.2) is 0 Å². The van der Waals surface area contributed by atoms with Gasteiger partial charge in [0.05, 0.1) is 25.3 Å². The fraction of sp³-hybridized carbons (Fsp3) is 0.929. The fourth-order valence-electron chi connectivity index (χ4n) is 2.98. The predicted molar refractivity (Wildman–Crippen MR) is 86.5 cm³/mol. The van der Waals surface area contributed by atoms with Crippen molar-refractivity contribution in [1.29, 1.82) is 0 Å². The van der Waals surface area contributed by atoms with E-state index < -0.39 is 0 Å². The maximum absolute atomic E-state index is 6.13. The normalized spacial score (nSPS) is 28.8. The van der Waals surface area contributed by atoms with E-state index in [1.807, 2.05) is 11.8 Å². The summed E-state index contributed by atoms with van der Waals surface area (Å²) in [6, 6.07) is 0. The first kappa shape index (κ1) is 15.9. The zero-order valence-corrected chi connectivity index (χ0v) is 13.6. The van der Waals surface area contributed by atoms with Crippen LogP contribution in [-0.2, 0) is 4.74 Å². The van der Waals surface area contributed by atoms with Gasteiger partial charge in [-0.2, -0.15) is 11.8 Å². The minimum Gasteiger partial charge on any atom is -0.379 e. The summed E-state index contributed by atoms with van der Waals surface area (Å²) in [5, 5.41) is 0. The van der Waals surface area contributed by atoms with Crippen LogP contribution in [0.4, 0.5) is 0 Å². The Balaban J connectivity index is 2.03. The number of morpholine rings is 1. The topological polar surface area (TPSA) is 54.1 Å². The van der Waals surface area contributed by atoms with Gasteiger partial charge in [-0.3, -0.25) is 9.89 Å². The van der Waals surface area contributed by atoms with E-state index in [4.69, 9.17) is 15.5 Å². The molecule has 1 atom stereocenters. The maximum atomic E-state index is 6.13. The third-order valence-corrected chi connectivity index (χ3v) is 5.62. The maximum Gasteiger partial charge on any atom is 0.191 e. The van der Waals surface area contributed by atoms with Crippen molar-refractivity contribution in [2.24, 2.45) is 10.7 Å². The highest BCUT2D eigenvalue weighted by Crippen LogP contribution is 2.34. The molecule has 2 N–H and O–H groups in total. The Hall–Kier alpha value is -0.460. The fourth-order valence-corrected chi connectivity index (χ4v) is 4.45. The van der Waals surface area contributed by atoms with Gasteiger partial charge in [0.1, 0.15) is 0 Å². The molecule has 0 aromatic carbocycles. The Morgan fingerprint density at radius 3 is 2.60 bits per heavy atom. The zero-order chi connectivity index (χ0) is 14.4. The van der Waals surface area contributed by atoms with Crippen LogP contribution in [0.1, 0.15) is 20.3 Å². The first-order valence-electron chi connectivity index (χ1n) is 7.67. The quantitative estimate of drug-likeness (QED) is 0.603. The minimum absolute atomic E-state index is 0.201. The third kappa shape index (κ3) is 3.59. The number of nitrogens with zero attached hydrogens (tertiary/aromatic N) is 3. The lowest BCUT2D eigenvalue weighted by molar-refractivity contribution is -0.0104. The average molecular weight is 300 g/mol. The molecule has 2 aliphatic rings. The second-order valence-corrected chi connectivity index (χ2v) is 6.58. The van der Waals surface area contributed by atoms with Crippen LogP contribution < -0.4 is 5.73 Å². The molecule has 2 aliphatic heterocycles. The molecule has 0 aliphatic carbocycles. The lowest BCUT2D eigenvalue weighted by atomic mass is 9.96. The van der Waals surface area contributed by atoms with Gasteiger partial charge < -0.3 is 15.4 Å². The minimum atomic E-state index is 0.201. The summed E-state index contributed by atoms with van der Waals surface area (Å²) in [6.45, 7) is 10.7. The molecule has 6 heteroatoms. The van der Waals surface area contributed by atoms with Crippen LogP contribution in [0.2, 0.25) is 0 Å². The van der Waals surface area contributed by atoms with E-state index in [2.05, 4.69) is 23.6 Å². The van der Waals surface area contributed by atoms with Crippen molar-refractivity contribution in [2.45, 2.75) is 25.8 Å². The lowest BCUT2D eigenvalue weighted by Gasteiger charge is -2.42. The molecule has 0 spiro atoms. The Morgan fingerprint density at radius 2 is 2.05 bits per heavy atom. The van der Waals surface area contributed by atoms with Gasteiger partial charge in [0, 0.05) is 31.9 Å². The van der Waals surface area contributed by atoms with Crippen LogP contribution in [0.25, 0.3) is 0 Å². The van der Waals surface area contributed by atoms with Gasteiger partial charge in [0.25, 0.3) is 0 Å². The molecule has 0 saturated carbocycles. The van der Waals surface area contributed by atoms with Crippen molar-refractivity contribution in [3.8, 4) is 0 Å². The Kier molecular flexibility index (Phi) is 5.99. The van der Waals surface area contributed by atoms with Crippen LogP contribution in [0.15, 0.2) is 4.99 Å². The van der Waals surface area contributed by atoms with E-state index in [9.17, 15) is 0 Å². The van der Waals surface area contributed by atoms with Crippen LogP contribution in [0.5, 0.6) is 0 Å². The lowest BCUT2D eigenvalue weighted by Crippen LogP contribution is -2.56. The van der Waals surface area contributed by atoms with Crippen molar-refractivity contribution in [2.75, 3.05) is 57.4 Å². The number of nitrogens with two attached hydrogens (primary N) is 1. The second-order valence-electron chi connectivity index (χ2n) is 5.47. The molecule has 5 nitrogen and oxygen atoms in total. The second kappa shape index (κ2) is 7.52. The number of ether oxygens (including phenoxy) is 1. The molecule has 20 heavy (non-hydrogen) atoms. The van der Waals surface area contributed by atoms with Gasteiger partial charge >= 0.3 is 0 Å². The van der Waals surface area contributed by atoms with Gasteiger partial charge in [0.15, 0.2) is 5.96 Å². The molecule has 0 aromatic heterocycles. The largest absolute Gasteiger partial charge is 0.379 e. The summed E-state index contributed by atoms with van der Waals surface area (Å²) < 4.78 is 5.49. The molecule has 0 bridgehead atoms. The Bertz CT molecular complexity index is 321. The standard InChI is InChI=1S/C14H28N4OS/c1-3-17(4-2)13(15)16-11-14(5-10-20-12-14)18-6-8-19-9-7-18/h3-12H2,1-2H3,(H2,15,16). The molecule has 2 fully saturated rings. The molecular weight excluding hydrogens is 272 g/mol. The first-order valence-corrected chi connectivity index (χ1v) is 8.82. The number of rotatable bonds is 5. The molecule has 0 radical (unpaired) electrons. The van der Waals surface area contributed by atoms with Gasteiger partial charge in [-0.1, -0.05) is 0 Å². The summed E-state index contributed by atoms with van der Waals surface area (Å²) in [4.78, 5) is 9.42. The molecule has 116 valence electrons. The highest BCUT2D eigenvalue weighted by molar-refractivity contribution is 7.99. The summed E-state index contributed by atoms with van der Waals surface area (Å²) in [5.74, 6) is 3.10. The highest BCUT2D eigenvalue weighted by atomic mass is 32.2. The molecule has 0 aromatic rings. The number of aliphatic imine (C=N–C) groups is 1. The van der Waals surface area contributed by atoms with Crippen molar-refractivity contribution >= 4 is 17.7 Å². The van der Waals surface area contributed by atoms with Crippen LogP contribution in [-0.4, -0.2) is 78.7 Å². The van der Waals surface area contributed by atoms with E-state index >= 15 is 0 Å². The van der Waals surface area contributed by atoms with E-state index in [1.54, 1.807) is 0 Å². The van der Waals surface area contributed by atoms with Gasteiger partial charge in [0.2, 0.25) is 0 Å². The van der Waals surface area contributed by atoms with E-state index in [1.165, 1.54) is 17.9 Å². The monoisotopic (exact) mass is 300 g/mol. The number of thioether (sulfide) groups is 1. The SMILES string of the molecule is CCN(CC)C(N)=NCC1(N2CCOCC2)CCSC1. The van der Waals surface area contributed by atoms with E-state index in [0.29, 0.717) is 5.96 Å². The van der Waals surface area contributed by atoms with Crippen molar-refractivity contribution in [3.05, 3.63) is 0 Å². The molecule has 1 unspecified atom stereocenters. The van der Waals surface area contributed by atoms with E-state index in [-0.39, 0.29) is 5.54 Å². The average Bonchev–Trinajstić information content (AvgIpc) is 2.97. The van der Waals surface area contributed by atoms with Crippen molar-refractivity contribution < 1.29 is 4.74 Å². The smallest absolute Gasteiger partial charge is 0.191 e. The van der Waals surface area contributed by atoms with Crippen LogP contribution in [0.3, 0.4) is 0 Å². The first-order chi connectivity index (χ1) is 9.72. The Labute approximate surface area is 126 Å². The molecule has 2 rings (SSSR count). The summed E-state index contributed by atoms with van der Waals surface area (Å²) in [5.41, 5.74) is 6.33. The Morgan fingerprint density at radius 1 is 1.35 bits per heavy atom. The third-order valence-electron chi connectivity index (χ3n) is 4.39. The number of hydrogen-bond acceptors (Lipinski definition) is 4. The molecule has 0 amide bonds. The van der Waals surface area contributed by atoms with Crippen LogP contribution >= 0.6 is 11.8 Å². The summed E-state index contributed by atoms with van der Waals surface area (Å²) in [6.07, 6.45) is 1.21. The predicted octanol–water partition coefficient (Wildman–Crippen LogP) is 0.851. The molecular formula is C14H28N4OS. The van der Waals surface area contributed by atoms with Crippen molar-refractivity contribution in [1.82, 2.24) is 9.80 Å². The number of guanidine groups is 1. The zero-order valence-electron chi connectivity index (χ0n) is 12.8. The van der Waals surface area contributed by atoms with Crippen molar-refractivity contribution in [3.63, 3.8) is 0 Å². The highest BCUT2D eigenvalue weighted by Gasteiger charge is 2.40. The summed E-state index contributed by atoms with van der Waals surface area (Å²) >= 11 is 2.04. The summed E-state index contributed by atoms with van der Waals surface area (Å²) in [7, 11) is 0. The molecule has 2 heterocycles.